The predicted octanol–water partition coefficient (Wildman–Crippen LogP) is 0.0899. The van der Waals surface area contributed by atoms with Gasteiger partial charge in [-0.15, -0.1) is 5.10 Å². The molecule has 0 atom stereocenters. The van der Waals surface area contributed by atoms with E-state index in [-0.39, 0.29) is 17.5 Å². The minimum absolute atomic E-state index is 0.0927. The maximum absolute atomic E-state index is 12.0. The molecule has 11 heteroatoms. The van der Waals surface area contributed by atoms with Crippen LogP contribution in [0.4, 0.5) is 5.82 Å². The highest BCUT2D eigenvalue weighted by Crippen LogP contribution is 2.14. The molecule has 0 spiro atoms. The van der Waals surface area contributed by atoms with Crippen LogP contribution in [-0.4, -0.2) is 41.9 Å². The standard InChI is InChI=1S/C13H13N9O2/c1-7(16-18-13(23)9-3-5-15-6-4-9)10-8(2)22(21-17-10)12-11(14)19-24-20-12/h3-6H,1-2H3,(H2,14,19)(H,18,23)/b16-7+. The summed E-state index contributed by atoms with van der Waals surface area (Å²) in [5, 5.41) is 19.2. The van der Waals surface area contributed by atoms with Gasteiger partial charge < -0.3 is 5.73 Å². The van der Waals surface area contributed by atoms with Crippen LogP contribution in [0.25, 0.3) is 5.82 Å². The Kier molecular flexibility index (Phi) is 3.97. The highest BCUT2D eigenvalue weighted by molar-refractivity contribution is 6.00. The third kappa shape index (κ3) is 2.82. The third-order valence-corrected chi connectivity index (χ3v) is 3.20. The van der Waals surface area contributed by atoms with Gasteiger partial charge in [0, 0.05) is 18.0 Å². The summed E-state index contributed by atoms with van der Waals surface area (Å²) in [5.74, 6) is -0.0262. The monoisotopic (exact) mass is 327 g/mol. The molecule has 11 nitrogen and oxygen atoms in total. The number of carbonyl (C=O) groups excluding carboxylic acids is 1. The minimum atomic E-state index is -0.355. The molecule has 24 heavy (non-hydrogen) atoms. The van der Waals surface area contributed by atoms with Gasteiger partial charge in [0.2, 0.25) is 11.6 Å². The molecule has 0 saturated carbocycles. The number of nitrogens with zero attached hydrogens (tertiary/aromatic N) is 7. The first kappa shape index (κ1) is 15.3. The lowest BCUT2D eigenvalue weighted by Gasteiger charge is -2.02. The molecule has 3 rings (SSSR count). The number of amides is 1. The molecule has 0 radical (unpaired) electrons. The zero-order valence-electron chi connectivity index (χ0n) is 12.8. The molecule has 0 unspecified atom stereocenters. The van der Waals surface area contributed by atoms with Gasteiger partial charge >= 0.3 is 0 Å². The number of nitrogen functional groups attached to an aromatic ring is 1. The number of nitrogens with one attached hydrogen (secondary N) is 1. The van der Waals surface area contributed by atoms with Gasteiger partial charge in [-0.05, 0) is 36.3 Å². The van der Waals surface area contributed by atoms with Crippen LogP contribution in [0.3, 0.4) is 0 Å². The molecule has 0 aliphatic carbocycles. The van der Waals surface area contributed by atoms with Gasteiger partial charge in [0.05, 0.1) is 11.4 Å². The number of carbonyl (C=O) groups is 1. The van der Waals surface area contributed by atoms with Gasteiger partial charge in [-0.2, -0.15) is 9.78 Å². The van der Waals surface area contributed by atoms with E-state index < -0.39 is 0 Å². The Morgan fingerprint density at radius 2 is 2.08 bits per heavy atom. The SMILES string of the molecule is C/C(=N\NC(=O)c1ccncc1)c1nnn(-c2nonc2N)c1C. The molecular formula is C13H13N9O2. The fourth-order valence-electron chi connectivity index (χ4n) is 1.96. The van der Waals surface area contributed by atoms with Crippen molar-refractivity contribution in [1.82, 2.24) is 35.7 Å². The van der Waals surface area contributed by atoms with Crippen LogP contribution in [0.15, 0.2) is 34.3 Å². The molecule has 3 heterocycles. The summed E-state index contributed by atoms with van der Waals surface area (Å²) in [6.45, 7) is 3.45. The Balaban J connectivity index is 1.81. The largest absolute Gasteiger partial charge is 0.378 e. The first-order valence-corrected chi connectivity index (χ1v) is 6.83. The van der Waals surface area contributed by atoms with Crippen molar-refractivity contribution in [1.29, 1.82) is 0 Å². The van der Waals surface area contributed by atoms with E-state index in [1.807, 2.05) is 0 Å². The number of pyridine rings is 1. The highest BCUT2D eigenvalue weighted by Gasteiger charge is 2.18. The third-order valence-electron chi connectivity index (χ3n) is 3.20. The molecule has 0 fully saturated rings. The Morgan fingerprint density at radius 3 is 2.75 bits per heavy atom. The molecule has 0 aliphatic heterocycles. The summed E-state index contributed by atoms with van der Waals surface area (Å²) in [4.78, 5) is 15.8. The van der Waals surface area contributed by atoms with E-state index in [9.17, 15) is 4.79 Å². The Morgan fingerprint density at radius 1 is 1.33 bits per heavy atom. The topological polar surface area (TPSA) is 150 Å². The van der Waals surface area contributed by atoms with Crippen molar-refractivity contribution >= 4 is 17.4 Å². The van der Waals surface area contributed by atoms with E-state index in [1.165, 1.54) is 17.1 Å². The van der Waals surface area contributed by atoms with Gasteiger partial charge in [-0.3, -0.25) is 9.78 Å². The Hall–Kier alpha value is -3.63. The Labute approximate surface area is 135 Å². The smallest absolute Gasteiger partial charge is 0.271 e. The fourth-order valence-corrected chi connectivity index (χ4v) is 1.96. The number of hydrazone groups is 1. The van der Waals surface area contributed by atoms with Gasteiger partial charge in [-0.25, -0.2) is 10.1 Å². The molecule has 0 bridgehead atoms. The highest BCUT2D eigenvalue weighted by atomic mass is 16.6. The number of rotatable bonds is 4. The summed E-state index contributed by atoms with van der Waals surface area (Å²) in [6, 6.07) is 3.17. The predicted molar refractivity (Wildman–Crippen MR) is 82.3 cm³/mol. The lowest BCUT2D eigenvalue weighted by molar-refractivity contribution is 0.0954. The maximum atomic E-state index is 12.0. The van der Waals surface area contributed by atoms with E-state index in [0.29, 0.717) is 22.7 Å². The van der Waals surface area contributed by atoms with Gasteiger partial charge in [0.25, 0.3) is 5.91 Å². The first-order valence-electron chi connectivity index (χ1n) is 6.83. The van der Waals surface area contributed by atoms with Crippen LogP contribution in [0.2, 0.25) is 0 Å². The zero-order chi connectivity index (χ0) is 17.1. The minimum Gasteiger partial charge on any atom is -0.378 e. The molecule has 3 N–H and O–H groups in total. The summed E-state index contributed by atoms with van der Waals surface area (Å²) >= 11 is 0. The lowest BCUT2D eigenvalue weighted by Crippen LogP contribution is -2.19. The van der Waals surface area contributed by atoms with E-state index in [2.05, 4.69) is 40.8 Å². The molecule has 0 saturated heterocycles. The van der Waals surface area contributed by atoms with Crippen LogP contribution < -0.4 is 11.2 Å². The molecule has 122 valence electrons. The summed E-state index contributed by atoms with van der Waals surface area (Å²) in [6.07, 6.45) is 3.05. The average molecular weight is 327 g/mol. The van der Waals surface area contributed by atoms with Gasteiger partial charge in [0.15, 0.2) is 0 Å². The first-order chi connectivity index (χ1) is 11.6. The number of nitrogens with two attached hydrogens (primary N) is 1. The van der Waals surface area contributed by atoms with Crippen molar-refractivity contribution in [2.24, 2.45) is 5.10 Å². The summed E-state index contributed by atoms with van der Waals surface area (Å²) < 4.78 is 5.93. The van der Waals surface area contributed by atoms with Crippen molar-refractivity contribution in [2.75, 3.05) is 5.73 Å². The van der Waals surface area contributed by atoms with E-state index >= 15 is 0 Å². The van der Waals surface area contributed by atoms with E-state index in [0.717, 1.165) is 0 Å². The number of hydrogen-bond acceptors (Lipinski definition) is 9. The van der Waals surface area contributed by atoms with Crippen LogP contribution in [0, 0.1) is 6.92 Å². The second-order valence-corrected chi connectivity index (χ2v) is 4.78. The summed E-state index contributed by atoms with van der Waals surface area (Å²) in [5.41, 5.74) is 10.1. The molecule has 3 aromatic rings. The molecule has 0 aliphatic rings. The van der Waals surface area contributed by atoms with Gasteiger partial charge in [0.1, 0.15) is 5.69 Å². The number of anilines is 1. The average Bonchev–Trinajstić information content (AvgIpc) is 3.18. The van der Waals surface area contributed by atoms with Gasteiger partial charge in [-0.1, -0.05) is 5.21 Å². The summed E-state index contributed by atoms with van der Waals surface area (Å²) in [7, 11) is 0. The van der Waals surface area contributed by atoms with Crippen molar-refractivity contribution in [2.45, 2.75) is 13.8 Å². The lowest BCUT2D eigenvalue weighted by atomic mass is 10.2. The zero-order valence-corrected chi connectivity index (χ0v) is 12.8. The Bertz CT molecular complexity index is 897. The van der Waals surface area contributed by atoms with Crippen LogP contribution >= 0.6 is 0 Å². The van der Waals surface area contributed by atoms with Crippen molar-refractivity contribution in [3.63, 3.8) is 0 Å². The van der Waals surface area contributed by atoms with Crippen LogP contribution in [0.5, 0.6) is 0 Å². The molecule has 3 aromatic heterocycles. The van der Waals surface area contributed by atoms with Crippen LogP contribution in [0.1, 0.15) is 28.7 Å². The molecule has 1 amide bonds. The second-order valence-electron chi connectivity index (χ2n) is 4.78. The normalized spacial score (nSPS) is 11.5. The quantitative estimate of drug-likeness (QED) is 0.505. The number of hydrogen-bond donors (Lipinski definition) is 2. The van der Waals surface area contributed by atoms with Crippen LogP contribution in [-0.2, 0) is 0 Å². The van der Waals surface area contributed by atoms with E-state index in [1.54, 1.807) is 26.0 Å². The van der Waals surface area contributed by atoms with E-state index in [4.69, 9.17) is 5.73 Å². The number of aromatic nitrogens is 6. The van der Waals surface area contributed by atoms with Crippen molar-refractivity contribution in [3.05, 3.63) is 41.5 Å². The molecular weight excluding hydrogens is 314 g/mol. The van der Waals surface area contributed by atoms with Crippen molar-refractivity contribution in [3.8, 4) is 5.82 Å². The molecule has 0 aromatic carbocycles. The maximum Gasteiger partial charge on any atom is 0.271 e. The van der Waals surface area contributed by atoms with Crippen molar-refractivity contribution < 1.29 is 9.42 Å². The second kappa shape index (κ2) is 6.24. The fraction of sp³-hybridized carbons (Fsp3) is 0.154.